The summed E-state index contributed by atoms with van der Waals surface area (Å²) in [5.41, 5.74) is 2.78. The maximum absolute atomic E-state index is 13.1. The number of nitrogens with zero attached hydrogens (tertiary/aromatic N) is 1. The van der Waals surface area contributed by atoms with Crippen LogP contribution < -0.4 is 4.74 Å². The van der Waals surface area contributed by atoms with Gasteiger partial charge in [0.1, 0.15) is 17.3 Å². The second kappa shape index (κ2) is 9.25. The van der Waals surface area contributed by atoms with Crippen LogP contribution in [0.15, 0.2) is 42.0 Å². The molecule has 1 aliphatic heterocycles. The van der Waals surface area contributed by atoms with Gasteiger partial charge in [-0.15, -0.1) is 0 Å². The number of likely N-dealkylation sites (tertiary alicyclic amines) is 1. The van der Waals surface area contributed by atoms with E-state index in [4.69, 9.17) is 4.74 Å². The number of benzene rings is 2. The molecule has 1 saturated heterocycles. The number of aryl methyl sites for hydroxylation is 2. The normalized spacial score (nSPS) is 17.9. The van der Waals surface area contributed by atoms with Crippen molar-refractivity contribution in [1.29, 1.82) is 0 Å². The molecule has 1 aliphatic rings. The Morgan fingerprint density at radius 3 is 2.35 bits per heavy atom. The number of amides is 1. The average Bonchev–Trinajstić information content (AvgIpc) is 3.00. The van der Waals surface area contributed by atoms with Crippen LogP contribution in [-0.4, -0.2) is 40.5 Å². The first-order valence-corrected chi connectivity index (χ1v) is 10.5. The van der Waals surface area contributed by atoms with E-state index in [0.717, 1.165) is 30.4 Å². The van der Waals surface area contributed by atoms with Gasteiger partial charge in [0.05, 0.1) is 18.7 Å². The summed E-state index contributed by atoms with van der Waals surface area (Å²) >= 11 is 0. The molecular formula is C25H29NO5. The van der Waals surface area contributed by atoms with Crippen LogP contribution in [0.4, 0.5) is 0 Å². The van der Waals surface area contributed by atoms with E-state index in [1.54, 1.807) is 31.4 Å². The van der Waals surface area contributed by atoms with Gasteiger partial charge in [0.15, 0.2) is 0 Å². The van der Waals surface area contributed by atoms with Crippen molar-refractivity contribution in [2.45, 2.75) is 46.1 Å². The van der Waals surface area contributed by atoms with Gasteiger partial charge in [-0.05, 0) is 61.2 Å². The third-order valence-corrected chi connectivity index (χ3v) is 5.75. The fourth-order valence-corrected chi connectivity index (χ4v) is 4.06. The molecule has 1 unspecified atom stereocenters. The summed E-state index contributed by atoms with van der Waals surface area (Å²) in [7, 11) is 1.58. The van der Waals surface area contributed by atoms with Crippen molar-refractivity contribution >= 4 is 17.4 Å². The minimum atomic E-state index is -0.709. The van der Waals surface area contributed by atoms with Gasteiger partial charge in [0.25, 0.3) is 11.7 Å². The SMILES string of the molecule is CCCCCN1C(=O)C(=O)/C(=C(/O)c2cc(C)c(OC)cc2C)C1c1ccc(O)cc1. The molecule has 0 saturated carbocycles. The zero-order valence-corrected chi connectivity index (χ0v) is 18.4. The zero-order valence-electron chi connectivity index (χ0n) is 18.4. The standard InChI is InChI=1S/C25H29NO5/c1-5-6-7-12-26-22(17-8-10-18(27)11-9-17)21(24(29)25(26)30)23(28)19-13-16(3)20(31-4)14-15(19)2/h8-11,13-14,22,27-28H,5-7,12H2,1-4H3/b23-21+. The van der Waals surface area contributed by atoms with Crippen LogP contribution in [0.25, 0.3) is 5.76 Å². The van der Waals surface area contributed by atoms with E-state index < -0.39 is 17.7 Å². The summed E-state index contributed by atoms with van der Waals surface area (Å²) in [5.74, 6) is -0.728. The van der Waals surface area contributed by atoms with Crippen LogP contribution in [0.2, 0.25) is 0 Å². The summed E-state index contributed by atoms with van der Waals surface area (Å²) in [6.07, 6.45) is 2.68. The van der Waals surface area contributed by atoms with E-state index in [-0.39, 0.29) is 17.1 Å². The first kappa shape index (κ1) is 22.4. The first-order valence-electron chi connectivity index (χ1n) is 10.5. The van der Waals surface area contributed by atoms with Crippen LogP contribution in [0.3, 0.4) is 0 Å². The van der Waals surface area contributed by atoms with Gasteiger partial charge in [-0.3, -0.25) is 9.59 Å². The molecule has 164 valence electrons. The Kier molecular flexibility index (Phi) is 6.68. The Hall–Kier alpha value is -3.28. The van der Waals surface area contributed by atoms with Crippen LogP contribution in [0.5, 0.6) is 11.5 Å². The number of phenols is 1. The number of aliphatic hydroxyl groups excluding tert-OH is 1. The number of aromatic hydroxyl groups is 1. The zero-order chi connectivity index (χ0) is 22.7. The molecule has 0 bridgehead atoms. The highest BCUT2D eigenvalue weighted by atomic mass is 16.5. The quantitative estimate of drug-likeness (QED) is 0.293. The van der Waals surface area contributed by atoms with E-state index in [2.05, 4.69) is 6.92 Å². The Balaban J connectivity index is 2.17. The van der Waals surface area contributed by atoms with Gasteiger partial charge < -0.3 is 19.8 Å². The molecule has 0 radical (unpaired) electrons. The number of ketones is 1. The van der Waals surface area contributed by atoms with Gasteiger partial charge >= 0.3 is 0 Å². The molecule has 6 heteroatoms. The van der Waals surface area contributed by atoms with E-state index in [1.807, 2.05) is 13.8 Å². The smallest absolute Gasteiger partial charge is 0.295 e. The molecule has 0 aromatic heterocycles. The Morgan fingerprint density at radius 1 is 1.06 bits per heavy atom. The van der Waals surface area contributed by atoms with Crippen LogP contribution in [0, 0.1) is 13.8 Å². The lowest BCUT2D eigenvalue weighted by Crippen LogP contribution is -2.30. The number of ether oxygens (including phenoxy) is 1. The molecule has 0 aliphatic carbocycles. The molecule has 6 nitrogen and oxygen atoms in total. The maximum Gasteiger partial charge on any atom is 0.295 e. The fourth-order valence-electron chi connectivity index (χ4n) is 4.06. The summed E-state index contributed by atoms with van der Waals surface area (Å²) < 4.78 is 5.35. The highest BCUT2D eigenvalue weighted by Gasteiger charge is 2.45. The predicted molar refractivity (Wildman–Crippen MR) is 119 cm³/mol. The molecule has 1 heterocycles. The van der Waals surface area contributed by atoms with Crippen LogP contribution in [0.1, 0.15) is 54.5 Å². The highest BCUT2D eigenvalue weighted by Crippen LogP contribution is 2.41. The summed E-state index contributed by atoms with van der Waals surface area (Å²) in [6.45, 7) is 6.17. The summed E-state index contributed by atoms with van der Waals surface area (Å²) in [4.78, 5) is 27.5. The number of rotatable bonds is 7. The Morgan fingerprint density at radius 2 is 1.74 bits per heavy atom. The Labute approximate surface area is 182 Å². The third kappa shape index (κ3) is 4.29. The lowest BCUT2D eigenvalue weighted by molar-refractivity contribution is -0.139. The van der Waals surface area contributed by atoms with Gasteiger partial charge in [-0.2, -0.15) is 0 Å². The number of hydrogen-bond donors (Lipinski definition) is 2. The number of Topliss-reactive ketones (excluding diaryl/α,β-unsaturated/α-hetero) is 1. The van der Waals surface area contributed by atoms with Gasteiger partial charge in [0, 0.05) is 12.1 Å². The van der Waals surface area contributed by atoms with Gasteiger partial charge in [-0.25, -0.2) is 0 Å². The number of aliphatic hydroxyl groups is 1. The Bertz CT molecular complexity index is 1020. The molecule has 1 fully saturated rings. The van der Waals surface area contributed by atoms with Crippen molar-refractivity contribution in [3.05, 3.63) is 64.2 Å². The molecule has 1 atom stereocenters. The monoisotopic (exact) mass is 423 g/mol. The maximum atomic E-state index is 13.1. The molecule has 2 aromatic rings. The molecule has 31 heavy (non-hydrogen) atoms. The second-order valence-corrected chi connectivity index (χ2v) is 7.93. The number of unbranched alkanes of at least 4 members (excludes halogenated alkanes) is 2. The molecule has 2 aromatic carbocycles. The summed E-state index contributed by atoms with van der Waals surface area (Å²) in [6, 6.07) is 9.25. The number of methoxy groups -OCH3 is 1. The highest BCUT2D eigenvalue weighted by molar-refractivity contribution is 6.46. The van der Waals surface area contributed by atoms with Crippen LogP contribution >= 0.6 is 0 Å². The molecule has 3 rings (SSSR count). The fraction of sp³-hybridized carbons (Fsp3) is 0.360. The minimum Gasteiger partial charge on any atom is -0.508 e. The van der Waals surface area contributed by atoms with Crippen molar-refractivity contribution in [3.8, 4) is 11.5 Å². The van der Waals surface area contributed by atoms with Crippen molar-refractivity contribution in [2.75, 3.05) is 13.7 Å². The first-order chi connectivity index (χ1) is 14.8. The van der Waals surface area contributed by atoms with Crippen molar-refractivity contribution < 1.29 is 24.5 Å². The molecule has 0 spiro atoms. The number of phenolic OH excluding ortho intramolecular Hbond substituents is 1. The van der Waals surface area contributed by atoms with E-state index in [1.165, 1.54) is 17.0 Å². The molecular weight excluding hydrogens is 394 g/mol. The lowest BCUT2D eigenvalue weighted by atomic mass is 9.93. The van der Waals surface area contributed by atoms with Crippen molar-refractivity contribution in [1.82, 2.24) is 4.90 Å². The topological polar surface area (TPSA) is 87.1 Å². The largest absolute Gasteiger partial charge is 0.508 e. The predicted octanol–water partition coefficient (Wildman–Crippen LogP) is 4.63. The lowest BCUT2D eigenvalue weighted by Gasteiger charge is -2.25. The average molecular weight is 424 g/mol. The number of hydrogen-bond acceptors (Lipinski definition) is 5. The third-order valence-electron chi connectivity index (χ3n) is 5.75. The van der Waals surface area contributed by atoms with Crippen LogP contribution in [-0.2, 0) is 9.59 Å². The number of carbonyl (C=O) groups excluding carboxylic acids is 2. The van der Waals surface area contributed by atoms with Gasteiger partial charge in [0.2, 0.25) is 0 Å². The summed E-state index contributed by atoms with van der Waals surface area (Å²) in [5, 5.41) is 20.9. The van der Waals surface area contributed by atoms with Crippen molar-refractivity contribution in [2.24, 2.45) is 0 Å². The van der Waals surface area contributed by atoms with E-state index in [0.29, 0.717) is 23.4 Å². The molecule has 2 N–H and O–H groups in total. The van der Waals surface area contributed by atoms with Crippen molar-refractivity contribution in [3.63, 3.8) is 0 Å². The number of carbonyl (C=O) groups is 2. The minimum absolute atomic E-state index is 0.0693. The van der Waals surface area contributed by atoms with E-state index >= 15 is 0 Å². The van der Waals surface area contributed by atoms with E-state index in [9.17, 15) is 19.8 Å². The second-order valence-electron chi connectivity index (χ2n) is 7.93. The molecule has 1 amide bonds. The van der Waals surface area contributed by atoms with Gasteiger partial charge in [-0.1, -0.05) is 31.9 Å².